The average Bonchev–Trinajstić information content (AvgIpc) is 2.74. The fraction of sp³-hybridized carbons (Fsp3) is 0.667. The summed E-state index contributed by atoms with van der Waals surface area (Å²) in [7, 11) is 1.62. The number of nitrogens with zero attached hydrogens (tertiary/aromatic N) is 2. The molecule has 0 aliphatic rings. The number of halogens is 1. The molecule has 7 heteroatoms. The van der Waals surface area contributed by atoms with E-state index in [1.54, 1.807) is 7.11 Å². The minimum Gasteiger partial charge on any atom is -0.383 e. The lowest BCUT2D eigenvalue weighted by molar-refractivity contribution is 0.0953. The van der Waals surface area contributed by atoms with Crippen LogP contribution in [0.2, 0.25) is 0 Å². The van der Waals surface area contributed by atoms with Crippen LogP contribution < -0.4 is 5.32 Å². The summed E-state index contributed by atoms with van der Waals surface area (Å²) in [6.07, 6.45) is 0.717. The van der Waals surface area contributed by atoms with Crippen molar-refractivity contribution in [2.75, 3.05) is 20.3 Å². The second-order valence-electron chi connectivity index (χ2n) is 3.16. The molecule has 0 saturated carbocycles. The predicted octanol–water partition coefficient (Wildman–Crippen LogP) is 1.24. The number of amides is 1. The van der Waals surface area contributed by atoms with Crippen LogP contribution in [0.15, 0.2) is 0 Å². The summed E-state index contributed by atoms with van der Waals surface area (Å²) in [6, 6.07) is 0. The molecule has 1 aromatic rings. The van der Waals surface area contributed by atoms with Crippen LogP contribution in [-0.4, -0.2) is 40.6 Å². The largest absolute Gasteiger partial charge is 0.383 e. The molecule has 1 amide bonds. The average molecular weight is 308 g/mol. The molecule has 1 rings (SSSR count). The molecular weight excluding hydrogens is 294 g/mol. The van der Waals surface area contributed by atoms with Crippen LogP contribution in [0.5, 0.6) is 0 Å². The zero-order chi connectivity index (χ0) is 12.0. The summed E-state index contributed by atoms with van der Waals surface area (Å²) in [5.41, 5.74) is 0.750. The summed E-state index contributed by atoms with van der Waals surface area (Å²) < 4.78 is 8.72. The number of carbonyl (C=O) groups is 1. The number of hydrogen-bond donors (Lipinski definition) is 1. The van der Waals surface area contributed by atoms with E-state index in [9.17, 15) is 4.79 Å². The topological polar surface area (TPSA) is 64.1 Å². The zero-order valence-corrected chi connectivity index (χ0v) is 11.6. The fourth-order valence-electron chi connectivity index (χ4n) is 1.14. The van der Waals surface area contributed by atoms with Gasteiger partial charge in [-0.15, -0.1) is 5.10 Å². The molecule has 1 heterocycles. The first-order valence-corrected chi connectivity index (χ1v) is 6.60. The van der Waals surface area contributed by atoms with E-state index in [0.29, 0.717) is 18.0 Å². The first kappa shape index (κ1) is 13.5. The molecule has 1 atom stereocenters. The number of carbonyl (C=O) groups excluding carboxylic acids is 1. The number of methoxy groups -OCH3 is 1. The van der Waals surface area contributed by atoms with E-state index in [1.165, 1.54) is 0 Å². The highest BCUT2D eigenvalue weighted by Gasteiger charge is 2.15. The van der Waals surface area contributed by atoms with E-state index in [-0.39, 0.29) is 10.7 Å². The third-order valence-corrected chi connectivity index (χ3v) is 3.28. The molecule has 0 radical (unpaired) electrons. The monoisotopic (exact) mass is 307 g/mol. The van der Waals surface area contributed by atoms with E-state index < -0.39 is 0 Å². The maximum atomic E-state index is 11.8. The van der Waals surface area contributed by atoms with Crippen molar-refractivity contribution in [1.29, 1.82) is 0 Å². The third kappa shape index (κ3) is 3.80. The lowest BCUT2D eigenvalue weighted by Crippen LogP contribution is -2.31. The van der Waals surface area contributed by atoms with Crippen LogP contribution in [0.4, 0.5) is 0 Å². The van der Waals surface area contributed by atoms with Crippen molar-refractivity contribution >= 4 is 33.4 Å². The van der Waals surface area contributed by atoms with E-state index in [4.69, 9.17) is 4.74 Å². The molecule has 1 unspecified atom stereocenters. The highest BCUT2D eigenvalue weighted by atomic mass is 79.9. The van der Waals surface area contributed by atoms with Gasteiger partial charge in [-0.3, -0.25) is 4.79 Å². The molecule has 0 bridgehead atoms. The smallest absolute Gasteiger partial charge is 0.264 e. The number of ether oxygens (including phenoxy) is 1. The quantitative estimate of drug-likeness (QED) is 0.803. The molecule has 0 saturated heterocycles. The molecular formula is C9H14BrN3O2S. The summed E-state index contributed by atoms with van der Waals surface area (Å²) in [5.74, 6) is -0.118. The summed E-state index contributed by atoms with van der Waals surface area (Å²) in [6.45, 7) is 3.03. The minimum atomic E-state index is -0.118. The van der Waals surface area contributed by atoms with Crippen LogP contribution in [0, 0.1) is 0 Å². The van der Waals surface area contributed by atoms with Gasteiger partial charge in [0.05, 0.1) is 17.1 Å². The maximum Gasteiger partial charge on any atom is 0.264 e. The van der Waals surface area contributed by atoms with Crippen LogP contribution >= 0.6 is 27.5 Å². The van der Waals surface area contributed by atoms with Crippen LogP contribution in [0.3, 0.4) is 0 Å². The Labute approximate surface area is 107 Å². The van der Waals surface area contributed by atoms with Crippen molar-refractivity contribution in [3.05, 3.63) is 10.6 Å². The van der Waals surface area contributed by atoms with Gasteiger partial charge in [-0.2, -0.15) is 0 Å². The second-order valence-corrected chi connectivity index (χ2v) is 5.21. The van der Waals surface area contributed by atoms with Crippen molar-refractivity contribution < 1.29 is 9.53 Å². The van der Waals surface area contributed by atoms with Crippen molar-refractivity contribution in [1.82, 2.24) is 14.9 Å². The summed E-state index contributed by atoms with van der Waals surface area (Å²) >= 11 is 4.53. The van der Waals surface area contributed by atoms with E-state index in [2.05, 4.69) is 30.8 Å². The van der Waals surface area contributed by atoms with E-state index in [1.807, 2.05) is 6.92 Å². The first-order valence-electron chi connectivity index (χ1n) is 4.91. The Kier molecular flexibility index (Phi) is 5.86. The van der Waals surface area contributed by atoms with Gasteiger partial charge in [0.15, 0.2) is 0 Å². The highest BCUT2D eigenvalue weighted by Crippen LogP contribution is 2.10. The number of aromatic nitrogens is 2. The highest BCUT2D eigenvalue weighted by molar-refractivity contribution is 9.09. The number of hydrogen-bond acceptors (Lipinski definition) is 5. The van der Waals surface area contributed by atoms with Crippen molar-refractivity contribution in [3.63, 3.8) is 0 Å². The Morgan fingerprint density at radius 2 is 2.44 bits per heavy atom. The van der Waals surface area contributed by atoms with E-state index in [0.717, 1.165) is 23.6 Å². The number of aryl methyl sites for hydroxylation is 1. The van der Waals surface area contributed by atoms with Gasteiger partial charge in [-0.25, -0.2) is 0 Å². The number of alkyl halides is 1. The molecule has 16 heavy (non-hydrogen) atoms. The molecule has 0 spiro atoms. The van der Waals surface area contributed by atoms with Gasteiger partial charge in [0.2, 0.25) is 0 Å². The lowest BCUT2D eigenvalue weighted by atomic mass is 10.3. The Balaban J connectivity index is 2.46. The molecule has 1 N–H and O–H groups in total. The summed E-state index contributed by atoms with van der Waals surface area (Å²) in [5, 5.41) is 6.70. The Hall–Kier alpha value is -0.530. The van der Waals surface area contributed by atoms with Gasteiger partial charge >= 0.3 is 0 Å². The fourth-order valence-corrected chi connectivity index (χ4v) is 2.23. The van der Waals surface area contributed by atoms with Gasteiger partial charge in [0, 0.05) is 13.7 Å². The van der Waals surface area contributed by atoms with Crippen LogP contribution in [-0.2, 0) is 11.2 Å². The SMILES string of the molecule is CCc1nnsc1C(=O)NCC(Br)COC. The molecule has 5 nitrogen and oxygen atoms in total. The second kappa shape index (κ2) is 6.93. The number of rotatable bonds is 6. The molecule has 0 aromatic carbocycles. The standard InChI is InChI=1S/C9H14BrN3O2S/c1-3-7-8(16-13-12-7)9(14)11-4-6(10)5-15-2/h6H,3-5H2,1-2H3,(H,11,14). The summed E-state index contributed by atoms with van der Waals surface area (Å²) in [4.78, 5) is 12.5. The third-order valence-electron chi connectivity index (χ3n) is 1.93. The van der Waals surface area contributed by atoms with Crippen LogP contribution in [0.1, 0.15) is 22.3 Å². The van der Waals surface area contributed by atoms with Crippen molar-refractivity contribution in [2.45, 2.75) is 18.2 Å². The molecule has 1 aromatic heterocycles. The van der Waals surface area contributed by atoms with Crippen molar-refractivity contribution in [3.8, 4) is 0 Å². The Bertz CT molecular complexity index is 345. The van der Waals surface area contributed by atoms with Gasteiger partial charge in [-0.1, -0.05) is 27.3 Å². The first-order chi connectivity index (χ1) is 7.69. The molecule has 90 valence electrons. The van der Waals surface area contributed by atoms with E-state index >= 15 is 0 Å². The van der Waals surface area contributed by atoms with Crippen LogP contribution in [0.25, 0.3) is 0 Å². The predicted molar refractivity (Wildman–Crippen MR) is 66.2 cm³/mol. The Morgan fingerprint density at radius 1 is 1.69 bits per heavy atom. The minimum absolute atomic E-state index is 0.118. The Morgan fingerprint density at radius 3 is 3.06 bits per heavy atom. The molecule has 0 aliphatic carbocycles. The van der Waals surface area contributed by atoms with Gasteiger partial charge in [-0.05, 0) is 18.0 Å². The van der Waals surface area contributed by atoms with Gasteiger partial charge < -0.3 is 10.1 Å². The molecule has 0 fully saturated rings. The lowest BCUT2D eigenvalue weighted by Gasteiger charge is -2.09. The normalized spacial score (nSPS) is 12.4. The number of nitrogens with one attached hydrogen (secondary N) is 1. The van der Waals surface area contributed by atoms with Crippen molar-refractivity contribution in [2.24, 2.45) is 0 Å². The zero-order valence-electron chi connectivity index (χ0n) is 9.20. The maximum absolute atomic E-state index is 11.8. The molecule has 0 aliphatic heterocycles. The van der Waals surface area contributed by atoms with Gasteiger partial charge in [0.25, 0.3) is 5.91 Å². The van der Waals surface area contributed by atoms with Gasteiger partial charge in [0.1, 0.15) is 4.88 Å².